The number of piperidine rings is 1. The van der Waals surface area contributed by atoms with Crippen molar-refractivity contribution in [3.63, 3.8) is 0 Å². The third-order valence-corrected chi connectivity index (χ3v) is 3.68. The van der Waals surface area contributed by atoms with Gasteiger partial charge in [0.05, 0.1) is 6.10 Å². The lowest BCUT2D eigenvalue weighted by atomic mass is 10.1. The van der Waals surface area contributed by atoms with E-state index in [9.17, 15) is 4.79 Å². The van der Waals surface area contributed by atoms with Gasteiger partial charge in [-0.25, -0.2) is 4.98 Å². The molecule has 1 fully saturated rings. The molecule has 0 spiro atoms. The summed E-state index contributed by atoms with van der Waals surface area (Å²) in [6, 6.07) is 0. The molecule has 0 unspecified atom stereocenters. The largest absolute Gasteiger partial charge is 0.378 e. The highest BCUT2D eigenvalue weighted by molar-refractivity contribution is 5.36. The Labute approximate surface area is 119 Å². The molecule has 1 aliphatic rings. The molecule has 112 valence electrons. The highest BCUT2D eigenvalue weighted by Gasteiger charge is 2.22. The van der Waals surface area contributed by atoms with Gasteiger partial charge in [0.25, 0.3) is 5.56 Å². The fourth-order valence-corrected chi connectivity index (χ4v) is 2.47. The maximum atomic E-state index is 12.2. The summed E-state index contributed by atoms with van der Waals surface area (Å²) in [6.07, 6.45) is 6.49. The summed E-state index contributed by atoms with van der Waals surface area (Å²) < 4.78 is 7.46. The highest BCUT2D eigenvalue weighted by atomic mass is 16.5. The van der Waals surface area contributed by atoms with Crippen molar-refractivity contribution in [2.75, 3.05) is 31.1 Å². The molecule has 2 N–H and O–H groups in total. The fraction of sp³-hybridized carbons (Fsp3) is 0.714. The van der Waals surface area contributed by atoms with Gasteiger partial charge in [0.1, 0.15) is 0 Å². The van der Waals surface area contributed by atoms with Gasteiger partial charge in [-0.2, -0.15) is 0 Å². The van der Waals surface area contributed by atoms with E-state index in [2.05, 4.69) is 9.88 Å². The van der Waals surface area contributed by atoms with Crippen LogP contribution < -0.4 is 16.2 Å². The summed E-state index contributed by atoms with van der Waals surface area (Å²) in [5, 5.41) is 0. The van der Waals surface area contributed by atoms with Gasteiger partial charge < -0.3 is 19.9 Å². The maximum absolute atomic E-state index is 12.2. The van der Waals surface area contributed by atoms with E-state index in [4.69, 9.17) is 10.5 Å². The zero-order valence-electron chi connectivity index (χ0n) is 12.1. The fourth-order valence-electron chi connectivity index (χ4n) is 2.47. The number of aryl methyl sites for hydroxylation is 1. The second kappa shape index (κ2) is 7.40. The van der Waals surface area contributed by atoms with Gasteiger partial charge >= 0.3 is 0 Å². The molecule has 0 amide bonds. The first-order chi connectivity index (χ1) is 9.76. The molecular weight excluding hydrogens is 256 g/mol. The minimum Gasteiger partial charge on any atom is -0.378 e. The number of aromatic nitrogens is 2. The topological polar surface area (TPSA) is 73.4 Å². The third-order valence-electron chi connectivity index (χ3n) is 3.68. The minimum atomic E-state index is -0.00231. The van der Waals surface area contributed by atoms with Crippen LogP contribution >= 0.6 is 0 Å². The van der Waals surface area contributed by atoms with Crippen LogP contribution in [0, 0.1) is 0 Å². The lowest BCUT2D eigenvalue weighted by molar-refractivity contribution is 0.0365. The van der Waals surface area contributed by atoms with E-state index >= 15 is 0 Å². The molecule has 1 aromatic rings. The molecule has 0 aromatic carbocycles. The maximum Gasteiger partial charge on any atom is 0.293 e. The zero-order valence-corrected chi connectivity index (χ0v) is 12.1. The monoisotopic (exact) mass is 280 g/mol. The molecule has 0 saturated carbocycles. The van der Waals surface area contributed by atoms with Crippen molar-refractivity contribution >= 4 is 5.82 Å². The molecule has 2 heterocycles. The minimum absolute atomic E-state index is 0.00231. The van der Waals surface area contributed by atoms with Crippen LogP contribution in [0.4, 0.5) is 5.82 Å². The molecule has 0 aliphatic carbocycles. The average Bonchev–Trinajstić information content (AvgIpc) is 2.49. The van der Waals surface area contributed by atoms with E-state index in [0.717, 1.165) is 39.0 Å². The first-order valence-electron chi connectivity index (χ1n) is 7.38. The van der Waals surface area contributed by atoms with Crippen molar-refractivity contribution < 1.29 is 4.74 Å². The Morgan fingerprint density at radius 1 is 1.45 bits per heavy atom. The molecule has 1 saturated heterocycles. The van der Waals surface area contributed by atoms with Crippen LogP contribution in [0.2, 0.25) is 0 Å². The van der Waals surface area contributed by atoms with E-state index in [0.29, 0.717) is 18.9 Å². The van der Waals surface area contributed by atoms with Crippen LogP contribution in [0.5, 0.6) is 0 Å². The second-order valence-electron chi connectivity index (χ2n) is 5.04. The van der Waals surface area contributed by atoms with Gasteiger partial charge in [-0.05, 0) is 32.7 Å². The first kappa shape index (κ1) is 15.0. The van der Waals surface area contributed by atoms with Crippen molar-refractivity contribution in [2.24, 2.45) is 5.73 Å². The molecule has 6 heteroatoms. The van der Waals surface area contributed by atoms with Crippen molar-refractivity contribution in [1.29, 1.82) is 0 Å². The summed E-state index contributed by atoms with van der Waals surface area (Å²) in [5.74, 6) is 0.565. The standard InChI is InChI=1S/C14H24N4O2/c1-2-17-10-7-16-13(14(17)19)18-8-4-12(5-9-18)20-11-3-6-15/h7,10,12H,2-6,8-9,11,15H2,1H3. The summed E-state index contributed by atoms with van der Waals surface area (Å²) in [4.78, 5) is 18.5. The van der Waals surface area contributed by atoms with Crippen LogP contribution in [0.15, 0.2) is 17.2 Å². The third kappa shape index (κ3) is 3.58. The van der Waals surface area contributed by atoms with E-state index in [1.807, 2.05) is 6.92 Å². The summed E-state index contributed by atoms with van der Waals surface area (Å²) in [6.45, 7) is 5.68. The predicted octanol–water partition coefficient (Wildman–Crippen LogP) is 0.597. The molecular formula is C14H24N4O2. The number of anilines is 1. The molecule has 6 nitrogen and oxygen atoms in total. The lowest BCUT2D eigenvalue weighted by Gasteiger charge is -2.32. The molecule has 1 aromatic heterocycles. The van der Waals surface area contributed by atoms with E-state index in [1.54, 1.807) is 17.0 Å². The Hall–Kier alpha value is -1.40. The van der Waals surface area contributed by atoms with Crippen LogP contribution in [0.25, 0.3) is 0 Å². The predicted molar refractivity (Wildman–Crippen MR) is 79.0 cm³/mol. The Morgan fingerprint density at radius 3 is 2.85 bits per heavy atom. The zero-order chi connectivity index (χ0) is 14.4. The van der Waals surface area contributed by atoms with Crippen molar-refractivity contribution in [3.8, 4) is 0 Å². The number of rotatable bonds is 6. The average molecular weight is 280 g/mol. The number of nitrogens with zero attached hydrogens (tertiary/aromatic N) is 3. The summed E-state index contributed by atoms with van der Waals surface area (Å²) in [5.41, 5.74) is 5.45. The first-order valence-corrected chi connectivity index (χ1v) is 7.38. The number of ether oxygens (including phenoxy) is 1. The highest BCUT2D eigenvalue weighted by Crippen LogP contribution is 2.17. The van der Waals surface area contributed by atoms with E-state index < -0.39 is 0 Å². The number of hydrogen-bond acceptors (Lipinski definition) is 5. The van der Waals surface area contributed by atoms with Gasteiger partial charge in [-0.1, -0.05) is 0 Å². The molecule has 0 bridgehead atoms. The van der Waals surface area contributed by atoms with E-state index in [1.165, 1.54) is 0 Å². The van der Waals surface area contributed by atoms with Crippen LogP contribution in [-0.4, -0.2) is 41.9 Å². The summed E-state index contributed by atoms with van der Waals surface area (Å²) >= 11 is 0. The van der Waals surface area contributed by atoms with Gasteiger partial charge in [-0.15, -0.1) is 0 Å². The van der Waals surface area contributed by atoms with Gasteiger partial charge in [0.15, 0.2) is 5.82 Å². The van der Waals surface area contributed by atoms with E-state index in [-0.39, 0.29) is 11.7 Å². The quantitative estimate of drug-likeness (QED) is 0.772. The van der Waals surface area contributed by atoms with Crippen molar-refractivity contribution in [2.45, 2.75) is 38.8 Å². The smallest absolute Gasteiger partial charge is 0.293 e. The van der Waals surface area contributed by atoms with Crippen molar-refractivity contribution in [1.82, 2.24) is 9.55 Å². The normalized spacial score (nSPS) is 16.6. The molecule has 2 rings (SSSR count). The Bertz CT molecular complexity index is 466. The molecule has 20 heavy (non-hydrogen) atoms. The van der Waals surface area contributed by atoms with Gasteiger partial charge in [-0.3, -0.25) is 4.79 Å². The molecule has 1 aliphatic heterocycles. The van der Waals surface area contributed by atoms with Crippen LogP contribution in [0.3, 0.4) is 0 Å². The Morgan fingerprint density at radius 2 is 2.20 bits per heavy atom. The molecule has 0 radical (unpaired) electrons. The van der Waals surface area contributed by atoms with Crippen LogP contribution in [-0.2, 0) is 11.3 Å². The Balaban J connectivity index is 1.92. The van der Waals surface area contributed by atoms with Crippen LogP contribution in [0.1, 0.15) is 26.2 Å². The number of nitrogens with two attached hydrogens (primary N) is 1. The number of hydrogen-bond donors (Lipinski definition) is 1. The SMILES string of the molecule is CCn1ccnc(N2CCC(OCCCN)CC2)c1=O. The Kier molecular flexibility index (Phi) is 5.55. The molecule has 0 atom stereocenters. The summed E-state index contributed by atoms with van der Waals surface area (Å²) in [7, 11) is 0. The van der Waals surface area contributed by atoms with Gasteiger partial charge in [0.2, 0.25) is 0 Å². The van der Waals surface area contributed by atoms with Crippen molar-refractivity contribution in [3.05, 3.63) is 22.7 Å². The van der Waals surface area contributed by atoms with Gasteiger partial charge in [0, 0.05) is 38.6 Å². The second-order valence-corrected chi connectivity index (χ2v) is 5.04. The lowest BCUT2D eigenvalue weighted by Crippen LogP contribution is -2.41.